The van der Waals surface area contributed by atoms with Gasteiger partial charge in [0.1, 0.15) is 13.2 Å². The zero-order chi connectivity index (χ0) is 30.1. The molecule has 0 aliphatic heterocycles. The lowest BCUT2D eigenvalue weighted by atomic mass is 10.1. The van der Waals surface area contributed by atoms with E-state index in [1.807, 2.05) is 105 Å². The molecule has 7 nitrogen and oxygen atoms in total. The minimum atomic E-state index is -3.21. The molecular weight excluding hydrogens is 546 g/mol. The minimum absolute atomic E-state index is 0.0827. The summed E-state index contributed by atoms with van der Waals surface area (Å²) in [5, 5.41) is 4.76. The molecule has 0 spiro atoms. The molecule has 3 rings (SSSR count). The van der Waals surface area contributed by atoms with E-state index in [4.69, 9.17) is 18.3 Å². The second kappa shape index (κ2) is 17.3. The first-order valence-corrected chi connectivity index (χ1v) is 16.3. The molecule has 0 aromatic heterocycles. The second-order valence-electron chi connectivity index (χ2n) is 10.6. The molecule has 0 aliphatic rings. The highest BCUT2D eigenvalue weighted by atomic mass is 28.4. The lowest BCUT2D eigenvalue weighted by Crippen LogP contribution is -2.66. The number of carbonyl (C=O) groups excluding carboxylic acids is 2. The average Bonchev–Trinajstić information content (AvgIpc) is 3.00. The lowest BCUT2D eigenvalue weighted by molar-refractivity contribution is -0.146. The monoisotopic (exact) mass is 589 g/mol. The van der Waals surface area contributed by atoms with Gasteiger partial charge in [-0.05, 0) is 42.6 Å². The van der Waals surface area contributed by atoms with Crippen LogP contribution in [0.25, 0.3) is 0 Å². The molecule has 0 radical (unpaired) electrons. The van der Waals surface area contributed by atoms with E-state index in [1.165, 1.54) is 0 Å². The minimum Gasteiger partial charge on any atom is -0.461 e. The van der Waals surface area contributed by atoms with Crippen molar-refractivity contribution in [2.75, 3.05) is 19.8 Å². The molecular formula is C34H43NO6Si. The zero-order valence-corrected chi connectivity index (χ0v) is 25.8. The topological polar surface area (TPSA) is 83.1 Å². The van der Waals surface area contributed by atoms with Crippen LogP contribution in [-0.2, 0) is 29.7 Å². The van der Waals surface area contributed by atoms with E-state index in [9.17, 15) is 9.59 Å². The number of esters is 1. The molecule has 1 amide bonds. The number of unbranched alkanes of at least 4 members (excludes halogenated alkanes) is 3. The molecule has 42 heavy (non-hydrogen) atoms. The molecule has 0 saturated heterocycles. The third kappa shape index (κ3) is 10.9. The van der Waals surface area contributed by atoms with Crippen LogP contribution in [0.4, 0.5) is 4.79 Å². The van der Waals surface area contributed by atoms with Crippen LogP contribution in [0.15, 0.2) is 104 Å². The highest BCUT2D eigenvalue weighted by molar-refractivity contribution is 6.92. The Bertz CT molecular complexity index is 1180. The van der Waals surface area contributed by atoms with E-state index < -0.39 is 20.3 Å². The summed E-state index contributed by atoms with van der Waals surface area (Å²) in [6, 6.07) is 29.6. The molecule has 0 bridgehead atoms. The van der Waals surface area contributed by atoms with Gasteiger partial charge in [-0.25, -0.2) is 4.79 Å². The molecule has 3 aromatic rings. The lowest BCUT2D eigenvalue weighted by Gasteiger charge is -2.38. The summed E-state index contributed by atoms with van der Waals surface area (Å²) in [6.45, 7) is 8.89. The second-order valence-corrected chi connectivity index (χ2v) is 13.5. The fourth-order valence-electron chi connectivity index (χ4n) is 4.53. The Kier molecular flexibility index (Phi) is 13.5. The Morgan fingerprint density at radius 2 is 1.38 bits per heavy atom. The average molecular weight is 590 g/mol. The van der Waals surface area contributed by atoms with Crippen molar-refractivity contribution in [3.05, 3.63) is 109 Å². The quantitative estimate of drug-likeness (QED) is 0.0892. The summed E-state index contributed by atoms with van der Waals surface area (Å²) in [7, 11) is -3.21. The van der Waals surface area contributed by atoms with Crippen molar-refractivity contribution in [1.29, 1.82) is 0 Å². The van der Waals surface area contributed by atoms with Gasteiger partial charge in [0.15, 0.2) is 0 Å². The fourth-order valence-corrected chi connectivity index (χ4v) is 8.04. The number of rotatable bonds is 18. The van der Waals surface area contributed by atoms with Gasteiger partial charge in [0.25, 0.3) is 0 Å². The zero-order valence-electron chi connectivity index (χ0n) is 24.8. The molecule has 8 heteroatoms. The largest absolute Gasteiger partial charge is 0.461 e. The Labute approximate surface area is 251 Å². The van der Waals surface area contributed by atoms with E-state index in [0.29, 0.717) is 13.2 Å². The van der Waals surface area contributed by atoms with Crippen LogP contribution in [0.1, 0.15) is 51.5 Å². The van der Waals surface area contributed by atoms with Crippen LogP contribution in [0.5, 0.6) is 0 Å². The molecule has 0 atom stereocenters. The van der Waals surface area contributed by atoms with E-state index in [0.717, 1.165) is 41.6 Å². The Hall–Kier alpha value is -3.72. The number of benzene rings is 3. The molecule has 224 valence electrons. The van der Waals surface area contributed by atoms with Crippen molar-refractivity contribution in [2.24, 2.45) is 0 Å². The number of nitrogens with one attached hydrogen (secondary N) is 1. The van der Waals surface area contributed by atoms with Crippen molar-refractivity contribution < 1.29 is 27.9 Å². The van der Waals surface area contributed by atoms with E-state index in [2.05, 4.69) is 11.9 Å². The maximum Gasteiger partial charge on any atom is 0.407 e. The summed E-state index contributed by atoms with van der Waals surface area (Å²) in [6.07, 6.45) is 4.78. The summed E-state index contributed by atoms with van der Waals surface area (Å²) >= 11 is 0. The number of amides is 1. The molecule has 1 N–H and O–H groups in total. The SMILES string of the molecule is C=CCOC(=O)CC(C)(C)O[Si](OCCCCCCNC(=O)OCc1ccccc1)(c1ccccc1)c1ccccc1. The molecule has 0 saturated carbocycles. The molecule has 0 fully saturated rings. The number of hydrogen-bond acceptors (Lipinski definition) is 6. The van der Waals surface area contributed by atoms with E-state index in [1.54, 1.807) is 6.08 Å². The summed E-state index contributed by atoms with van der Waals surface area (Å²) < 4.78 is 24.2. The number of ether oxygens (including phenoxy) is 2. The van der Waals surface area contributed by atoms with Gasteiger partial charge in [-0.15, -0.1) is 0 Å². The Morgan fingerprint density at radius 3 is 1.98 bits per heavy atom. The van der Waals surface area contributed by atoms with Gasteiger partial charge < -0.3 is 23.6 Å². The highest BCUT2D eigenvalue weighted by Gasteiger charge is 2.47. The van der Waals surface area contributed by atoms with Crippen molar-refractivity contribution in [3.63, 3.8) is 0 Å². The third-order valence-corrected chi connectivity index (χ3v) is 10.2. The van der Waals surface area contributed by atoms with Crippen LogP contribution in [0, 0.1) is 0 Å². The molecule has 0 heterocycles. The predicted octanol–water partition coefficient (Wildman–Crippen LogP) is 5.66. The molecule has 0 aliphatic carbocycles. The van der Waals surface area contributed by atoms with Gasteiger partial charge in [-0.2, -0.15) is 0 Å². The highest BCUT2D eigenvalue weighted by Crippen LogP contribution is 2.24. The van der Waals surface area contributed by atoms with Crippen LogP contribution in [0.2, 0.25) is 0 Å². The standard InChI is InChI=1S/C34H43NO6Si/c1-4-25-38-32(36)27-34(2,3)41-42(30-20-12-8-13-21-30,31-22-14-9-15-23-31)40-26-17-6-5-16-24-35-33(37)39-28-29-18-10-7-11-19-29/h4,7-15,18-23H,1,5-6,16-17,24-28H2,2-3H3,(H,35,37). The Morgan fingerprint density at radius 1 is 0.810 bits per heavy atom. The number of hydrogen-bond donors (Lipinski definition) is 1. The first kappa shape index (κ1) is 32.8. The van der Waals surface area contributed by atoms with Crippen molar-refractivity contribution in [2.45, 2.75) is 58.2 Å². The van der Waals surface area contributed by atoms with Gasteiger partial charge in [-0.3, -0.25) is 4.79 Å². The van der Waals surface area contributed by atoms with Crippen LogP contribution >= 0.6 is 0 Å². The predicted molar refractivity (Wildman–Crippen MR) is 168 cm³/mol. The van der Waals surface area contributed by atoms with Crippen LogP contribution < -0.4 is 15.7 Å². The summed E-state index contributed by atoms with van der Waals surface area (Å²) in [5.74, 6) is -0.346. The van der Waals surface area contributed by atoms with E-state index >= 15 is 0 Å². The maximum absolute atomic E-state index is 12.5. The summed E-state index contributed by atoms with van der Waals surface area (Å²) in [5.41, 5.74) is 0.120. The molecule has 0 unspecified atom stereocenters. The van der Waals surface area contributed by atoms with Gasteiger partial charge in [0.2, 0.25) is 0 Å². The van der Waals surface area contributed by atoms with Gasteiger partial charge in [-0.1, -0.05) is 116 Å². The number of alkyl carbamates (subject to hydrolysis) is 1. The van der Waals surface area contributed by atoms with Gasteiger partial charge in [0.05, 0.1) is 12.0 Å². The van der Waals surface area contributed by atoms with Crippen LogP contribution in [0.3, 0.4) is 0 Å². The van der Waals surface area contributed by atoms with Crippen molar-refractivity contribution in [1.82, 2.24) is 5.32 Å². The first-order valence-electron chi connectivity index (χ1n) is 14.5. The smallest absolute Gasteiger partial charge is 0.407 e. The number of carbonyl (C=O) groups is 2. The Balaban J connectivity index is 1.57. The third-order valence-electron chi connectivity index (χ3n) is 6.52. The normalized spacial score (nSPS) is 11.5. The van der Waals surface area contributed by atoms with Gasteiger partial charge in [0, 0.05) is 13.2 Å². The summed E-state index contributed by atoms with van der Waals surface area (Å²) in [4.78, 5) is 24.5. The molecule has 3 aromatic carbocycles. The van der Waals surface area contributed by atoms with Gasteiger partial charge >= 0.3 is 20.6 Å². The fraction of sp³-hybridized carbons (Fsp3) is 0.353. The van der Waals surface area contributed by atoms with Crippen molar-refractivity contribution >= 4 is 31.0 Å². The van der Waals surface area contributed by atoms with Crippen LogP contribution in [-0.4, -0.2) is 46.0 Å². The maximum atomic E-state index is 12.5. The van der Waals surface area contributed by atoms with Crippen molar-refractivity contribution in [3.8, 4) is 0 Å². The first-order chi connectivity index (χ1) is 20.3. The van der Waals surface area contributed by atoms with E-state index in [-0.39, 0.29) is 25.6 Å².